The summed E-state index contributed by atoms with van der Waals surface area (Å²) in [5, 5.41) is 14.2. The molecule has 2 aromatic carbocycles. The second kappa shape index (κ2) is 8.39. The molecule has 0 radical (unpaired) electrons. The van der Waals surface area contributed by atoms with Crippen molar-refractivity contribution in [1.29, 1.82) is 0 Å². The lowest BCUT2D eigenvalue weighted by molar-refractivity contribution is -0.384. The number of benzene rings is 2. The van der Waals surface area contributed by atoms with Crippen LogP contribution in [0.3, 0.4) is 0 Å². The Labute approximate surface area is 167 Å². The Morgan fingerprint density at radius 2 is 1.79 bits per heavy atom. The minimum Gasteiger partial charge on any atom is -0.339 e. The predicted octanol–water partition coefficient (Wildman–Crippen LogP) is 4.05. The Bertz CT molecular complexity index is 906. The largest absolute Gasteiger partial charge is 0.339 e. The van der Waals surface area contributed by atoms with E-state index in [0.717, 1.165) is 5.56 Å². The number of likely N-dealkylation sites (tertiary alicyclic amines) is 1. The summed E-state index contributed by atoms with van der Waals surface area (Å²) in [6, 6.07) is 10.9. The molecule has 146 valence electrons. The highest BCUT2D eigenvalue weighted by Gasteiger charge is 2.28. The molecule has 1 N–H and O–H groups in total. The molecule has 0 saturated carbocycles. The van der Waals surface area contributed by atoms with Crippen LogP contribution in [-0.4, -0.2) is 34.7 Å². The molecule has 0 unspecified atom stereocenters. The van der Waals surface area contributed by atoms with Gasteiger partial charge in [-0.2, -0.15) is 0 Å². The average Bonchev–Trinajstić information content (AvgIpc) is 2.70. The maximum Gasteiger partial charge on any atom is 0.269 e. The quantitative estimate of drug-likeness (QED) is 0.617. The van der Waals surface area contributed by atoms with E-state index in [1.54, 1.807) is 17.0 Å². The number of non-ortho nitro benzene ring substituents is 1. The standard InChI is InChI=1S/C20H20ClN3O4/c1-13-2-5-16(21)12-18(13)22-19(25)14-8-10-23(11-9-14)20(26)15-3-6-17(7-4-15)24(27)28/h2-7,12,14H,8-11H2,1H3,(H,22,25). The third-order valence-corrected chi connectivity index (χ3v) is 5.17. The number of hydrogen-bond acceptors (Lipinski definition) is 4. The minimum absolute atomic E-state index is 0.0526. The van der Waals surface area contributed by atoms with Gasteiger partial charge in [-0.25, -0.2) is 0 Å². The van der Waals surface area contributed by atoms with E-state index in [1.807, 2.05) is 13.0 Å². The summed E-state index contributed by atoms with van der Waals surface area (Å²) in [5.74, 6) is -0.438. The highest BCUT2D eigenvalue weighted by molar-refractivity contribution is 6.31. The lowest BCUT2D eigenvalue weighted by atomic mass is 9.95. The van der Waals surface area contributed by atoms with Gasteiger partial charge in [-0.3, -0.25) is 19.7 Å². The number of carbonyl (C=O) groups excluding carboxylic acids is 2. The van der Waals surface area contributed by atoms with Crippen molar-refractivity contribution in [2.24, 2.45) is 5.92 Å². The van der Waals surface area contributed by atoms with Crippen LogP contribution in [0.15, 0.2) is 42.5 Å². The fourth-order valence-corrected chi connectivity index (χ4v) is 3.39. The second-order valence-corrected chi connectivity index (χ2v) is 7.26. The molecule has 0 spiro atoms. The fraction of sp³-hybridized carbons (Fsp3) is 0.300. The average molecular weight is 402 g/mol. The monoisotopic (exact) mass is 401 g/mol. The van der Waals surface area contributed by atoms with E-state index in [4.69, 9.17) is 11.6 Å². The topological polar surface area (TPSA) is 92.6 Å². The van der Waals surface area contributed by atoms with Crippen molar-refractivity contribution in [3.63, 3.8) is 0 Å². The molecule has 0 atom stereocenters. The van der Waals surface area contributed by atoms with Gasteiger partial charge < -0.3 is 10.2 Å². The van der Waals surface area contributed by atoms with Crippen molar-refractivity contribution < 1.29 is 14.5 Å². The van der Waals surface area contributed by atoms with Crippen LogP contribution in [0.4, 0.5) is 11.4 Å². The van der Waals surface area contributed by atoms with Gasteiger partial charge in [0.25, 0.3) is 11.6 Å². The molecule has 1 aliphatic rings. The van der Waals surface area contributed by atoms with Crippen molar-refractivity contribution in [1.82, 2.24) is 4.90 Å². The SMILES string of the molecule is Cc1ccc(Cl)cc1NC(=O)C1CCN(C(=O)c2ccc([N+](=O)[O-])cc2)CC1. The molecule has 0 bridgehead atoms. The summed E-state index contributed by atoms with van der Waals surface area (Å²) in [4.78, 5) is 37.0. The van der Waals surface area contributed by atoms with Gasteiger partial charge in [0.15, 0.2) is 0 Å². The van der Waals surface area contributed by atoms with E-state index in [9.17, 15) is 19.7 Å². The van der Waals surface area contributed by atoms with Crippen LogP contribution in [0.2, 0.25) is 5.02 Å². The number of carbonyl (C=O) groups is 2. The summed E-state index contributed by atoms with van der Waals surface area (Å²) in [7, 11) is 0. The van der Waals surface area contributed by atoms with Crippen LogP contribution in [0.5, 0.6) is 0 Å². The van der Waals surface area contributed by atoms with Crippen molar-refractivity contribution in [3.8, 4) is 0 Å². The van der Waals surface area contributed by atoms with Crippen molar-refractivity contribution >= 4 is 34.8 Å². The zero-order valence-corrected chi connectivity index (χ0v) is 16.1. The number of aryl methyl sites for hydroxylation is 1. The molecule has 1 aliphatic heterocycles. The number of anilines is 1. The number of rotatable bonds is 4. The summed E-state index contributed by atoms with van der Waals surface area (Å²) in [5.41, 5.74) is 1.98. The number of hydrogen-bond donors (Lipinski definition) is 1. The van der Waals surface area contributed by atoms with Gasteiger partial charge in [0, 0.05) is 47.4 Å². The van der Waals surface area contributed by atoms with Crippen LogP contribution < -0.4 is 5.32 Å². The lowest BCUT2D eigenvalue weighted by Crippen LogP contribution is -2.41. The maximum atomic E-state index is 12.6. The van der Waals surface area contributed by atoms with E-state index in [1.165, 1.54) is 24.3 Å². The van der Waals surface area contributed by atoms with Gasteiger partial charge in [0.1, 0.15) is 0 Å². The number of amides is 2. The first-order chi connectivity index (χ1) is 13.3. The molecule has 1 heterocycles. The molecule has 2 aromatic rings. The highest BCUT2D eigenvalue weighted by atomic mass is 35.5. The Morgan fingerprint density at radius 3 is 2.39 bits per heavy atom. The minimum atomic E-state index is -0.500. The lowest BCUT2D eigenvalue weighted by Gasteiger charge is -2.31. The Morgan fingerprint density at radius 1 is 1.14 bits per heavy atom. The van der Waals surface area contributed by atoms with Gasteiger partial charge in [0.2, 0.25) is 5.91 Å². The van der Waals surface area contributed by atoms with E-state index >= 15 is 0 Å². The van der Waals surface area contributed by atoms with Gasteiger partial charge in [-0.15, -0.1) is 0 Å². The first-order valence-corrected chi connectivity index (χ1v) is 9.33. The van der Waals surface area contributed by atoms with Crippen LogP contribution >= 0.6 is 11.6 Å². The summed E-state index contributed by atoms with van der Waals surface area (Å²) < 4.78 is 0. The molecular weight excluding hydrogens is 382 g/mol. The van der Waals surface area contributed by atoms with Crippen LogP contribution in [-0.2, 0) is 4.79 Å². The summed E-state index contributed by atoms with van der Waals surface area (Å²) in [6.45, 7) is 2.82. The number of nitro benzene ring substituents is 1. The molecule has 3 rings (SSSR count). The highest BCUT2D eigenvalue weighted by Crippen LogP contribution is 2.24. The molecule has 0 aromatic heterocycles. The molecule has 0 aliphatic carbocycles. The van der Waals surface area contributed by atoms with E-state index in [0.29, 0.717) is 42.2 Å². The van der Waals surface area contributed by atoms with Gasteiger partial charge in [0.05, 0.1) is 4.92 Å². The van der Waals surface area contributed by atoms with Gasteiger partial charge in [-0.1, -0.05) is 17.7 Å². The molecular formula is C20H20ClN3O4. The molecule has 1 fully saturated rings. The summed E-state index contributed by atoms with van der Waals surface area (Å²) in [6.07, 6.45) is 1.12. The molecule has 7 nitrogen and oxygen atoms in total. The zero-order chi connectivity index (χ0) is 20.3. The van der Waals surface area contributed by atoms with Crippen LogP contribution in [0.25, 0.3) is 0 Å². The van der Waals surface area contributed by atoms with E-state index in [-0.39, 0.29) is 23.4 Å². The number of nitrogens with zero attached hydrogens (tertiary/aromatic N) is 2. The van der Waals surface area contributed by atoms with Crippen molar-refractivity contribution in [3.05, 3.63) is 68.7 Å². The molecule has 1 saturated heterocycles. The van der Waals surface area contributed by atoms with Gasteiger partial charge in [-0.05, 0) is 49.6 Å². The van der Waals surface area contributed by atoms with E-state index in [2.05, 4.69) is 5.32 Å². The van der Waals surface area contributed by atoms with Crippen molar-refractivity contribution in [2.45, 2.75) is 19.8 Å². The molecule has 2 amide bonds. The second-order valence-electron chi connectivity index (χ2n) is 6.82. The molecule has 8 heteroatoms. The number of piperidine rings is 1. The summed E-state index contributed by atoms with van der Waals surface area (Å²) >= 11 is 5.99. The number of nitrogens with one attached hydrogen (secondary N) is 1. The third kappa shape index (κ3) is 4.48. The van der Waals surface area contributed by atoms with Crippen LogP contribution in [0.1, 0.15) is 28.8 Å². The Hall–Kier alpha value is -2.93. The first-order valence-electron chi connectivity index (χ1n) is 8.96. The fourth-order valence-electron chi connectivity index (χ4n) is 3.22. The normalized spacial score (nSPS) is 14.6. The maximum absolute atomic E-state index is 12.6. The van der Waals surface area contributed by atoms with Crippen LogP contribution in [0, 0.1) is 23.0 Å². The predicted molar refractivity (Wildman–Crippen MR) is 107 cm³/mol. The number of halogens is 1. The van der Waals surface area contributed by atoms with Crippen molar-refractivity contribution in [2.75, 3.05) is 18.4 Å². The number of nitro groups is 1. The third-order valence-electron chi connectivity index (χ3n) is 4.94. The smallest absolute Gasteiger partial charge is 0.269 e. The first kappa shape index (κ1) is 19.8. The van der Waals surface area contributed by atoms with E-state index < -0.39 is 4.92 Å². The Balaban J connectivity index is 1.57. The Kier molecular flexibility index (Phi) is 5.94. The zero-order valence-electron chi connectivity index (χ0n) is 15.4. The molecule has 28 heavy (non-hydrogen) atoms. The van der Waals surface area contributed by atoms with Gasteiger partial charge >= 0.3 is 0 Å².